The van der Waals surface area contributed by atoms with Crippen LogP contribution in [0.15, 0.2) is 85.5 Å². The molecule has 0 aliphatic rings. The number of carbonyl (C=O) groups is 2. The highest BCUT2D eigenvalue weighted by Crippen LogP contribution is 2.24. The first kappa shape index (κ1) is 30.7. The molecule has 0 saturated carbocycles. The predicted octanol–water partition coefficient (Wildman–Crippen LogP) is 9.07. The monoisotopic (exact) mass is 542 g/mol. The highest BCUT2D eigenvalue weighted by atomic mass is 16.5. The van der Waals surface area contributed by atoms with Crippen molar-refractivity contribution in [1.82, 2.24) is 0 Å². The first-order valence-corrected chi connectivity index (χ1v) is 14.4. The molecule has 0 heterocycles. The number of esters is 2. The van der Waals surface area contributed by atoms with Gasteiger partial charge in [0.1, 0.15) is 11.5 Å². The van der Waals surface area contributed by atoms with Gasteiger partial charge >= 0.3 is 11.9 Å². The second-order valence-electron chi connectivity index (χ2n) is 10.2. The first-order chi connectivity index (χ1) is 19.5. The van der Waals surface area contributed by atoms with E-state index < -0.39 is 5.97 Å². The summed E-state index contributed by atoms with van der Waals surface area (Å²) in [6.07, 6.45) is 11.2. The zero-order valence-electron chi connectivity index (χ0n) is 23.9. The smallest absolute Gasteiger partial charge is 0.343 e. The molecule has 0 amide bonds. The summed E-state index contributed by atoms with van der Waals surface area (Å²) in [4.78, 5) is 24.8. The molecule has 0 spiro atoms. The van der Waals surface area contributed by atoms with Gasteiger partial charge in [0.25, 0.3) is 0 Å². The van der Waals surface area contributed by atoms with E-state index in [0.717, 1.165) is 42.6 Å². The van der Waals surface area contributed by atoms with E-state index >= 15 is 0 Å². The molecule has 3 aromatic rings. The molecular formula is C35H42O5. The van der Waals surface area contributed by atoms with Crippen molar-refractivity contribution < 1.29 is 23.8 Å². The van der Waals surface area contributed by atoms with Gasteiger partial charge in [-0.1, -0.05) is 76.3 Å². The molecule has 0 radical (unpaired) electrons. The highest BCUT2D eigenvalue weighted by molar-refractivity contribution is 5.91. The molecule has 3 rings (SSSR count). The minimum Gasteiger partial charge on any atom is -0.494 e. The van der Waals surface area contributed by atoms with Gasteiger partial charge in [-0.3, -0.25) is 0 Å². The SMILES string of the molecule is C=CCCCCCCCCOc1ccc(C(=O)Oc2ccc(-c3ccc(C(=O)OCC(C)CC)cc3)cc2)cc1. The van der Waals surface area contributed by atoms with E-state index in [0.29, 0.717) is 36.0 Å². The molecule has 0 saturated heterocycles. The molecule has 5 heteroatoms. The van der Waals surface area contributed by atoms with E-state index in [9.17, 15) is 9.59 Å². The van der Waals surface area contributed by atoms with Crippen LogP contribution in [0, 0.1) is 5.92 Å². The molecule has 0 N–H and O–H groups in total. The fourth-order valence-electron chi connectivity index (χ4n) is 4.07. The van der Waals surface area contributed by atoms with Crippen molar-refractivity contribution in [3.05, 3.63) is 96.6 Å². The lowest BCUT2D eigenvalue weighted by molar-refractivity contribution is 0.0447. The van der Waals surface area contributed by atoms with E-state index in [1.54, 1.807) is 48.5 Å². The van der Waals surface area contributed by atoms with Gasteiger partial charge in [-0.15, -0.1) is 6.58 Å². The number of rotatable bonds is 17. The number of carbonyl (C=O) groups excluding carboxylic acids is 2. The van der Waals surface area contributed by atoms with Crippen molar-refractivity contribution >= 4 is 11.9 Å². The Morgan fingerprint density at radius 2 is 1.25 bits per heavy atom. The number of hydrogen-bond donors (Lipinski definition) is 0. The topological polar surface area (TPSA) is 61.8 Å². The zero-order chi connectivity index (χ0) is 28.6. The average molecular weight is 543 g/mol. The van der Waals surface area contributed by atoms with Crippen LogP contribution in [0.1, 0.15) is 85.9 Å². The Hall–Kier alpha value is -3.86. The van der Waals surface area contributed by atoms with Crippen LogP contribution in [0.3, 0.4) is 0 Å². The van der Waals surface area contributed by atoms with Crippen molar-refractivity contribution in [3.63, 3.8) is 0 Å². The van der Waals surface area contributed by atoms with Crippen LogP contribution in [0.2, 0.25) is 0 Å². The average Bonchev–Trinajstić information content (AvgIpc) is 2.99. The molecule has 5 nitrogen and oxygen atoms in total. The van der Waals surface area contributed by atoms with Crippen LogP contribution in [0.4, 0.5) is 0 Å². The summed E-state index contributed by atoms with van der Waals surface area (Å²) >= 11 is 0. The molecule has 40 heavy (non-hydrogen) atoms. The normalized spacial score (nSPS) is 11.4. The largest absolute Gasteiger partial charge is 0.494 e. The third-order valence-electron chi connectivity index (χ3n) is 6.88. The van der Waals surface area contributed by atoms with Crippen LogP contribution < -0.4 is 9.47 Å². The summed E-state index contributed by atoms with van der Waals surface area (Å²) in [7, 11) is 0. The van der Waals surface area contributed by atoms with E-state index in [4.69, 9.17) is 14.2 Å². The Kier molecular flexibility index (Phi) is 13.0. The summed E-state index contributed by atoms with van der Waals surface area (Å²) < 4.78 is 16.7. The maximum absolute atomic E-state index is 12.6. The lowest BCUT2D eigenvalue weighted by Crippen LogP contribution is -2.11. The van der Waals surface area contributed by atoms with Gasteiger partial charge in [0.15, 0.2) is 0 Å². The van der Waals surface area contributed by atoms with E-state index in [1.165, 1.54) is 25.7 Å². The molecule has 0 aromatic heterocycles. The van der Waals surface area contributed by atoms with Crippen LogP contribution in [0.25, 0.3) is 11.1 Å². The van der Waals surface area contributed by atoms with Crippen LogP contribution in [-0.2, 0) is 4.74 Å². The molecule has 0 aliphatic carbocycles. The Balaban J connectivity index is 1.42. The van der Waals surface area contributed by atoms with Gasteiger partial charge in [-0.25, -0.2) is 9.59 Å². The van der Waals surface area contributed by atoms with Crippen molar-refractivity contribution in [1.29, 1.82) is 0 Å². The molecule has 0 aliphatic heterocycles. The maximum Gasteiger partial charge on any atom is 0.343 e. The second-order valence-corrected chi connectivity index (χ2v) is 10.2. The van der Waals surface area contributed by atoms with E-state index in [1.807, 2.05) is 30.3 Å². The van der Waals surface area contributed by atoms with Gasteiger partial charge in [0, 0.05) is 0 Å². The van der Waals surface area contributed by atoms with Crippen LogP contribution in [0.5, 0.6) is 11.5 Å². The number of hydrogen-bond acceptors (Lipinski definition) is 5. The number of benzene rings is 3. The van der Waals surface area contributed by atoms with Crippen molar-refractivity contribution in [3.8, 4) is 22.6 Å². The highest BCUT2D eigenvalue weighted by Gasteiger charge is 2.11. The molecular weight excluding hydrogens is 500 g/mol. The van der Waals surface area contributed by atoms with Crippen molar-refractivity contribution in [2.45, 2.75) is 65.2 Å². The van der Waals surface area contributed by atoms with Crippen LogP contribution >= 0.6 is 0 Å². The Morgan fingerprint density at radius 3 is 1.88 bits per heavy atom. The summed E-state index contributed by atoms with van der Waals surface area (Å²) in [5.74, 6) is 0.827. The van der Waals surface area contributed by atoms with Gasteiger partial charge in [0.05, 0.1) is 24.3 Å². The second kappa shape index (κ2) is 17.0. The third kappa shape index (κ3) is 10.4. The summed E-state index contributed by atoms with van der Waals surface area (Å²) in [5.41, 5.74) is 2.90. The number of ether oxygens (including phenoxy) is 3. The fourth-order valence-corrected chi connectivity index (χ4v) is 4.07. The van der Waals surface area contributed by atoms with Gasteiger partial charge < -0.3 is 14.2 Å². The summed E-state index contributed by atoms with van der Waals surface area (Å²) in [6, 6.07) is 21.7. The van der Waals surface area contributed by atoms with Crippen molar-refractivity contribution in [2.75, 3.05) is 13.2 Å². The fraction of sp³-hybridized carbons (Fsp3) is 0.371. The first-order valence-electron chi connectivity index (χ1n) is 14.4. The summed E-state index contributed by atoms with van der Waals surface area (Å²) in [5, 5.41) is 0. The molecule has 1 unspecified atom stereocenters. The standard InChI is InChI=1S/C35H42O5/c1-4-6-7-8-9-10-11-12-25-38-32-21-19-31(20-22-32)35(37)40-33-23-17-29(18-24-33)28-13-15-30(16-14-28)34(36)39-26-27(3)5-2/h4,13-24,27H,1,5-12,25-26H2,2-3H3. The number of allylic oxidation sites excluding steroid dienone is 1. The number of unbranched alkanes of at least 4 members (excludes halogenated alkanes) is 6. The van der Waals surface area contributed by atoms with Crippen LogP contribution in [-0.4, -0.2) is 25.2 Å². The Bertz CT molecular complexity index is 1180. The van der Waals surface area contributed by atoms with Gasteiger partial charge in [0.2, 0.25) is 0 Å². The minimum absolute atomic E-state index is 0.310. The maximum atomic E-state index is 12.6. The Morgan fingerprint density at radius 1 is 0.725 bits per heavy atom. The van der Waals surface area contributed by atoms with Gasteiger partial charge in [-0.05, 0) is 84.8 Å². The quantitative estimate of drug-likeness (QED) is 0.0737. The third-order valence-corrected chi connectivity index (χ3v) is 6.88. The van der Waals surface area contributed by atoms with Gasteiger partial charge in [-0.2, -0.15) is 0 Å². The molecule has 1 atom stereocenters. The minimum atomic E-state index is -0.420. The summed E-state index contributed by atoms with van der Waals surface area (Å²) in [6.45, 7) is 8.98. The lowest BCUT2D eigenvalue weighted by atomic mass is 10.0. The van der Waals surface area contributed by atoms with Crippen molar-refractivity contribution in [2.24, 2.45) is 5.92 Å². The van der Waals surface area contributed by atoms with E-state index in [2.05, 4.69) is 20.4 Å². The molecule has 212 valence electrons. The molecule has 3 aromatic carbocycles. The molecule has 0 bridgehead atoms. The Labute approximate surface area is 239 Å². The van der Waals surface area contributed by atoms with E-state index in [-0.39, 0.29) is 5.97 Å². The zero-order valence-corrected chi connectivity index (χ0v) is 23.9. The molecule has 0 fully saturated rings. The predicted molar refractivity (Wildman–Crippen MR) is 161 cm³/mol. The lowest BCUT2D eigenvalue weighted by Gasteiger charge is -2.10.